The van der Waals surface area contributed by atoms with Crippen molar-refractivity contribution in [2.75, 3.05) is 12.3 Å². The predicted molar refractivity (Wildman–Crippen MR) is 115 cm³/mol. The number of carboxylic acids is 1. The number of hydrogen-bond donors (Lipinski definition) is 3. The maximum atomic E-state index is 12.6. The van der Waals surface area contributed by atoms with Gasteiger partial charge in [0.2, 0.25) is 0 Å². The molecule has 2 heterocycles. The molecule has 0 amide bonds. The van der Waals surface area contributed by atoms with Crippen LogP contribution in [0.15, 0.2) is 24.3 Å². The van der Waals surface area contributed by atoms with Crippen LogP contribution in [0.3, 0.4) is 0 Å². The number of benzene rings is 1. The number of fused-ring (bicyclic) bond motifs is 3. The molecule has 0 bridgehead atoms. The number of halogens is 6. The van der Waals surface area contributed by atoms with Gasteiger partial charge in [0.1, 0.15) is 11.3 Å². The van der Waals surface area contributed by atoms with Gasteiger partial charge in [0, 0.05) is 24.9 Å². The number of hydrogen-bond acceptors (Lipinski definition) is 6. The molecule has 1 aromatic carbocycles. The normalized spacial score (nSPS) is 12.5. The van der Waals surface area contributed by atoms with Crippen molar-refractivity contribution in [1.29, 1.82) is 0 Å². The number of sulfonamides is 1. The molecule has 194 valence electrons. The van der Waals surface area contributed by atoms with Crippen LogP contribution in [0.1, 0.15) is 25.6 Å². The first kappa shape index (κ1) is 28.1. The Morgan fingerprint density at radius 3 is 2.29 bits per heavy atom. The van der Waals surface area contributed by atoms with Gasteiger partial charge in [-0.15, -0.1) is 0 Å². The number of pyridine rings is 1. The number of aryl methyl sites for hydroxylation is 1. The molecule has 0 fully saturated rings. The number of rotatable bonds is 7. The summed E-state index contributed by atoms with van der Waals surface area (Å²) in [5.74, 6) is -1.90. The van der Waals surface area contributed by atoms with E-state index in [2.05, 4.69) is 9.97 Å². The number of nitrogen functional groups attached to an aromatic ring is 1. The molecule has 0 unspecified atom stereocenters. The minimum absolute atomic E-state index is 0.0156. The van der Waals surface area contributed by atoms with Crippen LogP contribution in [0.2, 0.25) is 0 Å². The van der Waals surface area contributed by atoms with E-state index in [9.17, 15) is 34.8 Å². The van der Waals surface area contributed by atoms with E-state index < -0.39 is 34.2 Å². The molecule has 0 saturated heterocycles. The van der Waals surface area contributed by atoms with Gasteiger partial charge in [-0.2, -0.15) is 26.3 Å². The average Bonchev–Trinajstić information content (AvgIpc) is 3.10. The van der Waals surface area contributed by atoms with Gasteiger partial charge in [-0.05, 0) is 12.5 Å². The summed E-state index contributed by atoms with van der Waals surface area (Å²) in [5.41, 5.74) is 2.42. The number of aromatic nitrogens is 3. The smallest absolute Gasteiger partial charge is 0.475 e. The van der Waals surface area contributed by atoms with Crippen molar-refractivity contribution in [2.45, 2.75) is 44.4 Å². The van der Waals surface area contributed by atoms with Crippen LogP contribution in [-0.2, 0) is 27.8 Å². The lowest BCUT2D eigenvalue weighted by Gasteiger charge is -2.13. The SMILES string of the molecule is CCCCc1nc2c(N)nc3ccccc3c2n1CCNS(=O)(=O)C(F)(F)F.O=C(O)C(F)(F)F. The zero-order valence-electron chi connectivity index (χ0n) is 18.1. The summed E-state index contributed by atoms with van der Waals surface area (Å²) >= 11 is 0. The molecule has 3 aromatic rings. The molecule has 4 N–H and O–H groups in total. The Balaban J connectivity index is 0.000000540. The van der Waals surface area contributed by atoms with Gasteiger partial charge in [0.25, 0.3) is 0 Å². The molecule has 0 aliphatic carbocycles. The molecule has 0 aliphatic heterocycles. The third-order valence-electron chi connectivity index (χ3n) is 4.62. The van der Waals surface area contributed by atoms with Crippen molar-refractivity contribution in [3.05, 3.63) is 30.1 Å². The Bertz CT molecular complexity index is 1310. The Morgan fingerprint density at radius 2 is 1.74 bits per heavy atom. The van der Waals surface area contributed by atoms with Crippen molar-refractivity contribution >= 4 is 43.7 Å². The number of aliphatic carboxylic acids is 1. The summed E-state index contributed by atoms with van der Waals surface area (Å²) < 4.78 is 95.3. The summed E-state index contributed by atoms with van der Waals surface area (Å²) in [4.78, 5) is 17.8. The first-order valence-electron chi connectivity index (χ1n) is 9.99. The van der Waals surface area contributed by atoms with E-state index in [1.54, 1.807) is 21.4 Å². The largest absolute Gasteiger partial charge is 0.511 e. The lowest BCUT2D eigenvalue weighted by molar-refractivity contribution is -0.192. The topological polar surface area (TPSA) is 140 Å². The second kappa shape index (κ2) is 10.6. The quantitative estimate of drug-likeness (QED) is 0.398. The van der Waals surface area contributed by atoms with E-state index >= 15 is 0 Å². The molecular formula is C19H21F6N5O4S. The summed E-state index contributed by atoms with van der Waals surface area (Å²) in [6.45, 7) is 1.57. The van der Waals surface area contributed by atoms with Gasteiger partial charge in [-0.25, -0.2) is 27.9 Å². The number of anilines is 1. The number of unbranched alkanes of at least 4 members (excludes halogenated alkanes) is 1. The van der Waals surface area contributed by atoms with Crippen molar-refractivity contribution in [2.24, 2.45) is 0 Å². The van der Waals surface area contributed by atoms with Crippen LogP contribution in [0.4, 0.5) is 32.2 Å². The highest BCUT2D eigenvalue weighted by molar-refractivity contribution is 7.90. The Kier molecular flexibility index (Phi) is 8.54. The highest BCUT2D eigenvalue weighted by atomic mass is 32.2. The number of para-hydroxylation sites is 1. The van der Waals surface area contributed by atoms with E-state index in [0.717, 1.165) is 18.2 Å². The van der Waals surface area contributed by atoms with Crippen molar-refractivity contribution in [3.63, 3.8) is 0 Å². The van der Waals surface area contributed by atoms with E-state index in [0.29, 0.717) is 28.8 Å². The molecule has 16 heteroatoms. The fourth-order valence-corrected chi connectivity index (χ4v) is 3.57. The first-order valence-corrected chi connectivity index (χ1v) is 11.5. The van der Waals surface area contributed by atoms with Gasteiger partial charge in [-0.3, -0.25) is 0 Å². The molecule has 3 rings (SSSR count). The van der Waals surface area contributed by atoms with E-state index in [-0.39, 0.29) is 12.4 Å². The van der Waals surface area contributed by atoms with E-state index in [1.165, 1.54) is 0 Å². The van der Waals surface area contributed by atoms with Gasteiger partial charge < -0.3 is 15.4 Å². The number of nitrogens with one attached hydrogen (secondary N) is 1. The maximum Gasteiger partial charge on any atom is 0.511 e. The van der Waals surface area contributed by atoms with E-state index in [1.807, 2.05) is 19.1 Å². The van der Waals surface area contributed by atoms with Gasteiger partial charge >= 0.3 is 27.7 Å². The second-order valence-electron chi connectivity index (χ2n) is 7.14. The monoisotopic (exact) mass is 529 g/mol. The molecule has 0 aliphatic rings. The van der Waals surface area contributed by atoms with Crippen LogP contribution in [0.5, 0.6) is 0 Å². The van der Waals surface area contributed by atoms with Crippen LogP contribution < -0.4 is 10.5 Å². The van der Waals surface area contributed by atoms with Gasteiger partial charge in [-0.1, -0.05) is 31.5 Å². The molecule has 0 saturated carbocycles. The number of carbonyl (C=O) groups is 1. The van der Waals surface area contributed by atoms with Gasteiger partial charge in [0.15, 0.2) is 5.82 Å². The fraction of sp³-hybridized carbons (Fsp3) is 0.421. The summed E-state index contributed by atoms with van der Waals surface area (Å²) in [5, 5.41) is 7.88. The minimum atomic E-state index is -5.41. The lowest BCUT2D eigenvalue weighted by atomic mass is 10.2. The standard InChI is InChI=1S/C17H20F3N5O2S.C2HF3O2/c1-2-3-8-13-24-14-15(11-6-4-5-7-12(11)23-16(14)21)25(13)10-9-22-28(26,27)17(18,19)20;3-2(4,5)1(6)7/h4-7,22H,2-3,8-10H2,1H3,(H2,21,23);(H,6,7). The highest BCUT2D eigenvalue weighted by Crippen LogP contribution is 2.29. The van der Waals surface area contributed by atoms with E-state index in [4.69, 9.17) is 15.6 Å². The average molecular weight is 529 g/mol. The van der Waals surface area contributed by atoms with Crippen molar-refractivity contribution < 1.29 is 44.7 Å². The first-order chi connectivity index (χ1) is 16.1. The third-order valence-corrected chi connectivity index (χ3v) is 5.81. The van der Waals surface area contributed by atoms with Crippen LogP contribution in [0.25, 0.3) is 21.9 Å². The highest BCUT2D eigenvalue weighted by Gasteiger charge is 2.45. The Morgan fingerprint density at radius 1 is 1.14 bits per heavy atom. The third kappa shape index (κ3) is 6.72. The number of carboxylic acid groups (broad SMARTS) is 1. The molecule has 9 nitrogen and oxygen atoms in total. The molecule has 0 spiro atoms. The summed E-state index contributed by atoms with van der Waals surface area (Å²) in [6, 6.07) is 7.22. The van der Waals surface area contributed by atoms with Crippen LogP contribution in [0, 0.1) is 0 Å². The Labute approximate surface area is 195 Å². The van der Waals surface area contributed by atoms with Crippen LogP contribution in [-0.4, -0.2) is 52.3 Å². The zero-order chi connectivity index (χ0) is 26.6. The van der Waals surface area contributed by atoms with Crippen LogP contribution >= 0.6 is 0 Å². The maximum absolute atomic E-state index is 12.6. The molecule has 2 aromatic heterocycles. The number of imidazole rings is 1. The second-order valence-corrected chi connectivity index (χ2v) is 8.90. The zero-order valence-corrected chi connectivity index (χ0v) is 18.9. The fourth-order valence-electron chi connectivity index (χ4n) is 3.05. The minimum Gasteiger partial charge on any atom is -0.475 e. The predicted octanol–water partition coefficient (Wildman–Crippen LogP) is 3.58. The summed E-state index contributed by atoms with van der Waals surface area (Å²) in [7, 11) is -5.41. The van der Waals surface area contributed by atoms with Crippen molar-refractivity contribution in [1.82, 2.24) is 19.3 Å². The molecule has 0 radical (unpaired) electrons. The summed E-state index contributed by atoms with van der Waals surface area (Å²) in [6.07, 6.45) is -2.77. The van der Waals surface area contributed by atoms with Crippen molar-refractivity contribution in [3.8, 4) is 0 Å². The number of nitrogens with zero attached hydrogens (tertiary/aromatic N) is 3. The number of alkyl halides is 6. The molecule has 0 atom stereocenters. The van der Waals surface area contributed by atoms with Gasteiger partial charge in [0.05, 0.1) is 11.0 Å². The number of nitrogens with two attached hydrogens (primary N) is 1. The molecular weight excluding hydrogens is 508 g/mol. The lowest BCUT2D eigenvalue weighted by Crippen LogP contribution is -2.38. The molecule has 35 heavy (non-hydrogen) atoms. The Hall–Kier alpha value is -3.14.